The van der Waals surface area contributed by atoms with Crippen molar-refractivity contribution in [3.63, 3.8) is 0 Å². The molecule has 0 aromatic carbocycles. The van der Waals surface area contributed by atoms with Gasteiger partial charge in [-0.25, -0.2) is 0 Å². The highest BCUT2D eigenvalue weighted by Crippen LogP contribution is 2.30. The number of nitrogens with two attached hydrogens (primary N) is 6. The van der Waals surface area contributed by atoms with Crippen LogP contribution in [-0.2, 0) is 101 Å². The third-order valence-corrected chi connectivity index (χ3v) is 20.8. The fraction of sp³-hybridized carbons (Fsp3) is 0.736. The predicted molar refractivity (Wildman–Crippen MR) is 430 cm³/mol. The summed E-state index contributed by atoms with van der Waals surface area (Å²) in [6.07, 6.45) is -21.7. The van der Waals surface area contributed by atoms with Crippen LogP contribution < -0.4 is 104 Å². The van der Waals surface area contributed by atoms with E-state index in [-0.39, 0.29) is 70.4 Å². The lowest BCUT2D eigenvalue weighted by Gasteiger charge is -2.46. The monoisotopic (exact) mass is 1790 g/mol. The molecule has 3 saturated heterocycles. The second kappa shape index (κ2) is 52.5. The van der Waals surface area contributed by atoms with E-state index in [0.717, 1.165) is 6.92 Å². The van der Waals surface area contributed by atoms with Crippen molar-refractivity contribution in [1.29, 1.82) is 0 Å². The topological polar surface area (TPSA) is 845 Å². The first-order valence-electron chi connectivity index (χ1n) is 39.8. The number of aliphatic imine (C=N–C) groups is 1. The number of carbonyl (C=O) groups excluding carboxylic acids is 18. The van der Waals surface area contributed by atoms with Gasteiger partial charge in [-0.2, -0.15) is 0 Å². The van der Waals surface area contributed by atoms with Gasteiger partial charge in [0, 0.05) is 32.1 Å². The molecule has 51 nitrogen and oxygen atoms in total. The SMILES string of the molecule is CC(=O)N[C@H](C(=O)N[C@@H](C)C(=O)N[C@@H](CCCN=C(N)N)C(=O)N[C@@H](CC(C)C)C(=O)N[C@@H](CO)C(=O)N[C@@H](CSC1CC(=O)N(CC(=O)N[C@@H]2O[C@H](CO)[C@@H](O[C@@H]3O[C@H](CO)[C@@H](O)[C@H](O)[C@H]3O)[C@H](O)[C@H]2O)C1=O)C(=O)N[C@@H](CCCCN)C(=O)N[C@@H](CO)C(=O)N[C@H](C(=O)N[C@@H](CC(N)=O)C(=O)N[C@@H](C)C(=O)N[C@@H](CCC(N)=O)C(N)=O)C(C)C)C(C)C. The van der Waals surface area contributed by atoms with Crippen molar-refractivity contribution < 1.29 is 146 Å². The number of likely N-dealkylation sites (tertiary alicyclic amines) is 1. The quantitative estimate of drug-likeness (QED) is 0.0116. The molecule has 3 aliphatic rings. The fourth-order valence-corrected chi connectivity index (χ4v) is 13.7. The van der Waals surface area contributed by atoms with Crippen LogP contribution in [0, 0.1) is 17.8 Å². The molecule has 3 heterocycles. The summed E-state index contributed by atoms with van der Waals surface area (Å²) in [7, 11) is 0. The Morgan fingerprint density at radius 2 is 0.968 bits per heavy atom. The van der Waals surface area contributed by atoms with Gasteiger partial charge in [-0.05, 0) is 83.1 Å². The molecule has 0 saturated carbocycles. The summed E-state index contributed by atoms with van der Waals surface area (Å²) < 4.78 is 16.5. The van der Waals surface area contributed by atoms with Crippen LogP contribution in [-0.4, -0.2) is 354 Å². The first-order chi connectivity index (χ1) is 58.1. The van der Waals surface area contributed by atoms with Crippen molar-refractivity contribution in [3.8, 4) is 0 Å². The van der Waals surface area contributed by atoms with Crippen molar-refractivity contribution in [2.75, 3.05) is 51.8 Å². The molecule has 702 valence electrons. The highest BCUT2D eigenvalue weighted by Gasteiger charge is 2.52. The summed E-state index contributed by atoms with van der Waals surface area (Å²) in [5, 5.41) is 124. The molecule has 3 aliphatic heterocycles. The number of nitrogens with zero attached hydrogens (tertiary/aromatic N) is 2. The first-order valence-corrected chi connectivity index (χ1v) is 40.9. The third-order valence-electron chi connectivity index (χ3n) is 19.5. The molecular formula is C72H123N21O30S. The zero-order chi connectivity index (χ0) is 94.0. The smallest absolute Gasteiger partial charge is 0.245 e. The maximum absolute atomic E-state index is 14.9. The number of nitrogens with one attached hydrogen (secondary N) is 13. The molecule has 0 aromatic rings. The lowest BCUT2D eigenvalue weighted by molar-refractivity contribution is -0.343. The largest absolute Gasteiger partial charge is 0.394 e. The Balaban J connectivity index is 2.04. The number of imide groups is 1. The highest BCUT2D eigenvalue weighted by molar-refractivity contribution is 8.00. The van der Waals surface area contributed by atoms with Crippen LogP contribution in [0.3, 0.4) is 0 Å². The number of aliphatic hydroxyl groups excluding tert-OH is 9. The van der Waals surface area contributed by atoms with Crippen LogP contribution in [0.4, 0.5) is 0 Å². The Hall–Kier alpha value is -10.2. The van der Waals surface area contributed by atoms with Gasteiger partial charge in [0.15, 0.2) is 18.5 Å². The van der Waals surface area contributed by atoms with Crippen LogP contribution in [0.1, 0.15) is 127 Å². The van der Waals surface area contributed by atoms with Crippen molar-refractivity contribution in [1.82, 2.24) is 74.0 Å². The normalized spacial score (nSPS) is 23.0. The summed E-state index contributed by atoms with van der Waals surface area (Å²) in [5.41, 5.74) is 32.7. The van der Waals surface area contributed by atoms with E-state index in [9.17, 15) is 132 Å². The number of ether oxygens (including phenoxy) is 3. The van der Waals surface area contributed by atoms with E-state index in [0.29, 0.717) is 16.7 Å². The molecule has 0 aromatic heterocycles. The molecule has 0 aliphatic carbocycles. The van der Waals surface area contributed by atoms with Gasteiger partial charge in [-0.1, -0.05) is 41.5 Å². The van der Waals surface area contributed by atoms with Crippen LogP contribution in [0.5, 0.6) is 0 Å². The molecule has 0 bridgehead atoms. The van der Waals surface area contributed by atoms with E-state index >= 15 is 0 Å². The molecule has 0 spiro atoms. The van der Waals surface area contributed by atoms with Crippen LogP contribution in [0.2, 0.25) is 0 Å². The minimum absolute atomic E-state index is 0.00472. The summed E-state index contributed by atoms with van der Waals surface area (Å²) in [5.74, 6) is -22.1. The molecule has 52 heteroatoms. The third kappa shape index (κ3) is 34.4. The minimum atomic E-state index is -2.15. The molecule has 18 amide bonds. The van der Waals surface area contributed by atoms with Gasteiger partial charge in [0.2, 0.25) is 106 Å². The van der Waals surface area contributed by atoms with E-state index in [1.807, 2.05) is 0 Å². The average molecular weight is 1790 g/mol. The van der Waals surface area contributed by atoms with Gasteiger partial charge in [0.05, 0.1) is 38.1 Å². The number of guanidine groups is 1. The molecule has 124 heavy (non-hydrogen) atoms. The number of aliphatic hydroxyl groups is 9. The van der Waals surface area contributed by atoms with E-state index in [4.69, 9.17) is 48.6 Å². The number of hydrogen-bond donors (Lipinski definition) is 28. The van der Waals surface area contributed by atoms with Crippen molar-refractivity contribution in [2.24, 2.45) is 57.1 Å². The number of rotatable bonds is 53. The maximum atomic E-state index is 14.9. The Morgan fingerprint density at radius 1 is 0.500 bits per heavy atom. The number of carbonyl (C=O) groups is 18. The van der Waals surface area contributed by atoms with Crippen molar-refractivity contribution in [2.45, 2.75) is 266 Å². The van der Waals surface area contributed by atoms with Gasteiger partial charge < -0.3 is 164 Å². The standard InChI is InChI=1S/C72H123N21O30S/c1-28(2)19-37(86-60(111)36(14-12-18-79-72(77)78)84-59(110)32(8)81-67(118)49(29(3)4)82-33(9)98)63(114)89-39(23-94)64(115)90-41(27-124-44-21-48(102)93(70(44)120)22-47(101)91-69-54(106)53(105)56(43(26-97)121-69)123-71-55(107)52(104)51(103)42(25-96)122-71)66(117)85-35(13-10-11-17-73)61(112)88-40(24-95)65(116)92-50(30(5)6)68(119)87-38(20-46(75)100)62(113)80-31(7)58(109)83-34(57(76)108)15-16-45(74)99/h28-32,34-44,49-56,69,71,94-97,103-107H,10-27,73H2,1-9H3,(H2,74,99)(H2,75,100)(H2,76,108)(H,80,113)(H,81,118)(H,82,98)(H,83,109)(H,84,110)(H,85,117)(H,86,111)(H,87,119)(H,88,112)(H,89,114)(H,90,115)(H,91,101)(H,92,116)(H4,77,78,79)/t31-,32-,34-,35-,36-,37-,38-,39-,40-,41-,42+,43+,44?,49-,50-,51+,52-,53+,54+,55+,56+,69+,71-/m0/s1. The summed E-state index contributed by atoms with van der Waals surface area (Å²) in [6, 6.07) is -19.8. The molecule has 3 rings (SSSR count). The predicted octanol–water partition coefficient (Wildman–Crippen LogP) is -15.4. The zero-order valence-corrected chi connectivity index (χ0v) is 70.9. The van der Waals surface area contributed by atoms with Gasteiger partial charge in [-0.15, -0.1) is 11.8 Å². The lowest BCUT2D eigenvalue weighted by atomic mass is 9.96. The van der Waals surface area contributed by atoms with E-state index in [1.54, 1.807) is 27.7 Å². The molecule has 34 N–H and O–H groups in total. The molecular weight excluding hydrogens is 1670 g/mol. The molecule has 0 radical (unpaired) electrons. The molecule has 3 fully saturated rings. The van der Waals surface area contributed by atoms with Crippen molar-refractivity contribution >= 4 is 124 Å². The lowest BCUT2D eigenvalue weighted by Crippen LogP contribution is -2.67. The molecule has 1 unspecified atom stereocenters. The summed E-state index contributed by atoms with van der Waals surface area (Å²) in [6.45, 7) is 7.41. The number of hydrogen-bond acceptors (Lipinski definition) is 33. The molecule has 23 atom stereocenters. The van der Waals surface area contributed by atoms with Crippen LogP contribution >= 0.6 is 11.8 Å². The van der Waals surface area contributed by atoms with Gasteiger partial charge in [-0.3, -0.25) is 96.2 Å². The van der Waals surface area contributed by atoms with Crippen LogP contribution in [0.25, 0.3) is 0 Å². The minimum Gasteiger partial charge on any atom is -0.394 e. The van der Waals surface area contributed by atoms with Gasteiger partial charge >= 0.3 is 0 Å². The van der Waals surface area contributed by atoms with Gasteiger partial charge in [0.1, 0.15) is 128 Å². The van der Waals surface area contributed by atoms with E-state index < -0.39 is 315 Å². The number of amides is 18. The average Bonchev–Trinajstić information content (AvgIpc) is 0.804. The second-order valence-corrected chi connectivity index (χ2v) is 32.1. The number of primary amides is 3. The Labute approximate surface area is 716 Å². The van der Waals surface area contributed by atoms with Gasteiger partial charge in [0.25, 0.3) is 0 Å². The number of thioether (sulfide) groups is 1. The van der Waals surface area contributed by atoms with Crippen molar-refractivity contribution in [3.05, 3.63) is 0 Å². The Morgan fingerprint density at radius 3 is 1.48 bits per heavy atom. The van der Waals surface area contributed by atoms with E-state index in [2.05, 4.69) is 74.1 Å². The number of unbranched alkanes of at least 4 members (excludes halogenated alkanes) is 1. The Kier molecular flexibility index (Phi) is 45.7. The summed E-state index contributed by atoms with van der Waals surface area (Å²) in [4.78, 5) is 248. The van der Waals surface area contributed by atoms with E-state index in [1.165, 1.54) is 27.7 Å². The maximum Gasteiger partial charge on any atom is 0.245 e. The van der Waals surface area contributed by atoms with Crippen LogP contribution in [0.15, 0.2) is 4.99 Å². The zero-order valence-electron chi connectivity index (χ0n) is 70.1. The first kappa shape index (κ1) is 108. The highest BCUT2D eigenvalue weighted by atomic mass is 32.2. The fourth-order valence-electron chi connectivity index (χ4n) is 12.5. The Bertz CT molecular complexity index is 3730. The second-order valence-electron chi connectivity index (χ2n) is 30.9. The summed E-state index contributed by atoms with van der Waals surface area (Å²) >= 11 is 0.502.